The number of anilines is 1. The van der Waals surface area contributed by atoms with E-state index in [0.717, 1.165) is 17.1 Å². The van der Waals surface area contributed by atoms with Crippen molar-refractivity contribution in [2.75, 3.05) is 31.6 Å². The van der Waals surface area contributed by atoms with Crippen molar-refractivity contribution in [3.63, 3.8) is 0 Å². The van der Waals surface area contributed by atoms with Crippen LogP contribution in [0.3, 0.4) is 0 Å². The molecule has 2 amide bonds. The second-order valence-corrected chi connectivity index (χ2v) is 9.61. The van der Waals surface area contributed by atoms with Crippen LogP contribution in [0.2, 0.25) is 0 Å². The highest BCUT2D eigenvalue weighted by Gasteiger charge is 2.54. The topological polar surface area (TPSA) is 158 Å². The molecule has 1 aromatic carbocycles. The number of ether oxygens (including phenoxy) is 2. The molecule has 4 rings (SSSR count). The summed E-state index contributed by atoms with van der Waals surface area (Å²) in [6.45, 7) is 0.00249. The first kappa shape index (κ1) is 25.7. The molecule has 0 aliphatic carbocycles. The number of aromatic nitrogens is 2. The van der Waals surface area contributed by atoms with E-state index in [-0.39, 0.29) is 34.9 Å². The summed E-state index contributed by atoms with van der Waals surface area (Å²) in [6.07, 6.45) is 0. The van der Waals surface area contributed by atoms with Crippen molar-refractivity contribution in [3.05, 3.63) is 46.9 Å². The lowest BCUT2D eigenvalue weighted by atomic mass is 10.0. The van der Waals surface area contributed by atoms with E-state index >= 15 is 0 Å². The van der Waals surface area contributed by atoms with Crippen LogP contribution in [0.15, 0.2) is 40.7 Å². The fourth-order valence-electron chi connectivity index (χ4n) is 3.53. The van der Waals surface area contributed by atoms with Gasteiger partial charge < -0.3 is 25.4 Å². The molecule has 3 N–H and O–H groups in total. The van der Waals surface area contributed by atoms with Crippen LogP contribution in [0.4, 0.5) is 5.13 Å². The van der Waals surface area contributed by atoms with E-state index in [1.807, 2.05) is 0 Å². The molecule has 2 aliphatic rings. The van der Waals surface area contributed by atoms with Gasteiger partial charge in [-0.05, 0) is 23.3 Å². The lowest BCUT2D eigenvalue weighted by Crippen LogP contribution is -2.71. The lowest BCUT2D eigenvalue weighted by Gasteiger charge is -2.49. The largest absolute Gasteiger partial charge is 0.497 e. The standard InChI is InChI=1S/C21H21ClN6O6S2/c1-32-12-5-3-10(4-6-12)8-34-20(31)15-11(7-22)9-35-19-14(18(30)28(15)19)24-17(29)13(26-33-2)16-25-21(23)36-27-16/h3-6,14,19H,7-9H2,1-2H3,(H,24,29)(H2,23,25,27)/b26-13-/t14?,19-/m1/s1. The number of benzene rings is 1. The molecule has 1 saturated heterocycles. The zero-order chi connectivity index (χ0) is 25.8. The quantitative estimate of drug-likeness (QED) is 0.152. The maximum absolute atomic E-state index is 13.1. The molecule has 1 unspecified atom stereocenters. The second kappa shape index (κ2) is 11.1. The summed E-state index contributed by atoms with van der Waals surface area (Å²) in [7, 11) is 2.82. The number of fused-ring (bicyclic) bond motifs is 1. The number of nitrogens with two attached hydrogens (primary N) is 1. The smallest absolute Gasteiger partial charge is 0.355 e. The van der Waals surface area contributed by atoms with Crippen LogP contribution in [0.1, 0.15) is 11.4 Å². The number of nitrogen functional groups attached to an aromatic ring is 1. The maximum atomic E-state index is 13.1. The summed E-state index contributed by atoms with van der Waals surface area (Å²) in [5, 5.41) is 5.90. The van der Waals surface area contributed by atoms with Gasteiger partial charge in [-0.1, -0.05) is 17.3 Å². The van der Waals surface area contributed by atoms with Crippen molar-refractivity contribution in [1.29, 1.82) is 0 Å². The van der Waals surface area contributed by atoms with Crippen LogP contribution in [0.25, 0.3) is 0 Å². The number of β-lactam (4-membered cyclic amide) rings is 1. The molecule has 36 heavy (non-hydrogen) atoms. The number of methoxy groups -OCH3 is 1. The number of hydrogen-bond donors (Lipinski definition) is 2. The zero-order valence-corrected chi connectivity index (χ0v) is 21.5. The predicted molar refractivity (Wildman–Crippen MR) is 133 cm³/mol. The molecule has 2 aromatic rings. The summed E-state index contributed by atoms with van der Waals surface area (Å²) in [4.78, 5) is 48.9. The molecular formula is C21H21ClN6O6S2. The van der Waals surface area contributed by atoms with Crippen LogP contribution in [0, 0.1) is 0 Å². The van der Waals surface area contributed by atoms with Crippen molar-refractivity contribution in [3.8, 4) is 5.75 Å². The number of nitrogens with one attached hydrogen (secondary N) is 1. The fourth-order valence-corrected chi connectivity index (χ4v) is 5.64. The monoisotopic (exact) mass is 552 g/mol. The average Bonchev–Trinajstić information content (AvgIpc) is 3.33. The number of rotatable bonds is 9. The van der Waals surface area contributed by atoms with E-state index in [4.69, 9.17) is 31.6 Å². The number of nitrogens with zero attached hydrogens (tertiary/aromatic N) is 4. The predicted octanol–water partition coefficient (Wildman–Crippen LogP) is 1.12. The van der Waals surface area contributed by atoms with Gasteiger partial charge in [0.2, 0.25) is 11.5 Å². The Balaban J connectivity index is 1.46. The highest BCUT2D eigenvalue weighted by molar-refractivity contribution is 8.00. The molecule has 12 nitrogen and oxygen atoms in total. The van der Waals surface area contributed by atoms with Gasteiger partial charge in [0.25, 0.3) is 11.8 Å². The van der Waals surface area contributed by atoms with Crippen LogP contribution in [-0.4, -0.2) is 75.0 Å². The van der Waals surface area contributed by atoms with Crippen molar-refractivity contribution in [2.24, 2.45) is 5.16 Å². The van der Waals surface area contributed by atoms with E-state index < -0.39 is 29.2 Å². The number of esters is 1. The van der Waals surface area contributed by atoms with E-state index in [9.17, 15) is 14.4 Å². The minimum Gasteiger partial charge on any atom is -0.497 e. The number of thioether (sulfide) groups is 1. The summed E-state index contributed by atoms with van der Waals surface area (Å²) in [6, 6.07) is 6.13. The third-order valence-corrected chi connectivity index (χ3v) is 7.47. The Morgan fingerprint density at radius 2 is 2.06 bits per heavy atom. The summed E-state index contributed by atoms with van der Waals surface area (Å²) >= 11 is 8.33. The third-order valence-electron chi connectivity index (χ3n) is 5.27. The molecule has 2 atom stereocenters. The first-order valence-electron chi connectivity index (χ1n) is 10.4. The molecule has 1 fully saturated rings. The normalized spacial score (nSPS) is 19.4. The van der Waals surface area contributed by atoms with Crippen molar-refractivity contribution >= 4 is 63.5 Å². The number of hydrogen-bond acceptors (Lipinski definition) is 12. The van der Waals surface area contributed by atoms with Gasteiger partial charge in [-0.2, -0.15) is 9.36 Å². The second-order valence-electron chi connectivity index (χ2n) is 7.45. The Morgan fingerprint density at radius 3 is 2.67 bits per heavy atom. The number of halogens is 1. The number of oxime groups is 1. The van der Waals surface area contributed by atoms with Gasteiger partial charge in [0.15, 0.2) is 5.13 Å². The lowest BCUT2D eigenvalue weighted by molar-refractivity contribution is -0.153. The van der Waals surface area contributed by atoms with Gasteiger partial charge >= 0.3 is 5.97 Å². The first-order chi connectivity index (χ1) is 17.4. The molecule has 0 bridgehead atoms. The minimum atomic E-state index is -0.915. The molecule has 0 radical (unpaired) electrons. The molecule has 2 aliphatic heterocycles. The third kappa shape index (κ3) is 5.10. The summed E-state index contributed by atoms with van der Waals surface area (Å²) in [5.74, 6) is -0.782. The molecule has 3 heterocycles. The molecular weight excluding hydrogens is 532 g/mol. The number of amides is 2. The molecule has 190 valence electrons. The summed E-state index contributed by atoms with van der Waals surface area (Å²) < 4.78 is 14.6. The minimum absolute atomic E-state index is 0.00249. The van der Waals surface area contributed by atoms with Crippen LogP contribution in [0.5, 0.6) is 5.75 Å². The highest BCUT2D eigenvalue weighted by Crippen LogP contribution is 2.41. The SMILES string of the molecule is CO/N=C(\C(=O)NC1C(=O)N2C(C(=O)OCc3ccc(OC)cc3)=C(CCl)CS[C@H]12)c1nsc(N)n1. The van der Waals surface area contributed by atoms with Gasteiger partial charge in [0.1, 0.15) is 36.6 Å². The fraction of sp³-hybridized carbons (Fsp3) is 0.333. The Labute approximate surface area is 219 Å². The highest BCUT2D eigenvalue weighted by atomic mass is 35.5. The molecule has 0 spiro atoms. The first-order valence-corrected chi connectivity index (χ1v) is 12.8. The molecule has 0 saturated carbocycles. The Bertz CT molecular complexity index is 1230. The zero-order valence-electron chi connectivity index (χ0n) is 19.1. The average molecular weight is 553 g/mol. The van der Waals surface area contributed by atoms with Gasteiger partial charge in [-0.3, -0.25) is 14.5 Å². The van der Waals surface area contributed by atoms with Crippen molar-refractivity contribution in [2.45, 2.75) is 18.0 Å². The number of alkyl halides is 1. The number of carbonyl (C=O) groups excluding carboxylic acids is 3. The summed E-state index contributed by atoms with van der Waals surface area (Å²) in [5.41, 5.74) is 6.78. The van der Waals surface area contributed by atoms with Crippen LogP contribution < -0.4 is 15.8 Å². The van der Waals surface area contributed by atoms with E-state index in [0.29, 0.717) is 17.1 Å². The molecule has 15 heteroatoms. The van der Waals surface area contributed by atoms with Gasteiger partial charge in [0, 0.05) is 23.2 Å². The maximum Gasteiger partial charge on any atom is 0.355 e. The van der Waals surface area contributed by atoms with Crippen LogP contribution in [-0.2, 0) is 30.6 Å². The van der Waals surface area contributed by atoms with Gasteiger partial charge in [0.05, 0.1) is 7.11 Å². The molecule has 1 aromatic heterocycles. The number of carbonyl (C=O) groups is 3. The van der Waals surface area contributed by atoms with E-state index in [2.05, 4.69) is 19.8 Å². The van der Waals surface area contributed by atoms with Gasteiger partial charge in [-0.15, -0.1) is 23.4 Å². The van der Waals surface area contributed by atoms with E-state index in [1.54, 1.807) is 31.4 Å². The Kier molecular flexibility index (Phi) is 7.96. The van der Waals surface area contributed by atoms with Crippen molar-refractivity contribution in [1.82, 2.24) is 19.6 Å². The Morgan fingerprint density at radius 1 is 1.31 bits per heavy atom. The van der Waals surface area contributed by atoms with Crippen molar-refractivity contribution < 1.29 is 28.7 Å². The Hall–Kier alpha value is -3.36. The van der Waals surface area contributed by atoms with Gasteiger partial charge in [-0.25, -0.2) is 4.79 Å². The van der Waals surface area contributed by atoms with Crippen LogP contribution >= 0.6 is 34.9 Å². The van der Waals surface area contributed by atoms with E-state index in [1.165, 1.54) is 23.8 Å².